The molecule has 0 aliphatic carbocycles. The highest BCUT2D eigenvalue weighted by Gasteiger charge is 2.30. The predicted octanol–water partition coefficient (Wildman–Crippen LogP) is 18.2. The molecule has 0 saturated carbocycles. The average Bonchev–Trinajstić information content (AvgIpc) is 3.35. The molecule has 0 fully saturated rings. The van der Waals surface area contributed by atoms with Crippen LogP contribution in [0, 0.1) is 0 Å². The van der Waals surface area contributed by atoms with Gasteiger partial charge in [0.2, 0.25) is 5.91 Å². The Morgan fingerprint density at radius 1 is 0.493 bits per heavy atom. The number of nitrogens with zero attached hydrogens (tertiary/aromatic N) is 1. The number of hydrogen-bond donors (Lipinski definition) is 2. The second-order valence-electron chi connectivity index (χ2n) is 21.1. The zero-order valence-electron chi connectivity index (χ0n) is 48.1. The Morgan fingerprint density at radius 2 is 0.890 bits per heavy atom. The van der Waals surface area contributed by atoms with E-state index < -0.39 is 20.0 Å². The van der Waals surface area contributed by atoms with E-state index in [0.717, 1.165) is 77.0 Å². The number of allylic oxidation sites excluding steroid dienone is 13. The summed E-state index contributed by atoms with van der Waals surface area (Å²) in [6, 6.07) is -0.890. The summed E-state index contributed by atoms with van der Waals surface area (Å²) in [5, 5.41) is 3.00. The normalized spacial score (nSPS) is 14.3. The largest absolute Gasteiger partial charge is 0.472 e. The van der Waals surface area contributed by atoms with Crippen LogP contribution in [0.1, 0.15) is 252 Å². The Morgan fingerprint density at radius 3 is 1.32 bits per heavy atom. The Labute approximate surface area is 450 Å². The minimum absolute atomic E-state index is 0.0245. The van der Waals surface area contributed by atoms with Crippen LogP contribution in [0.25, 0.3) is 0 Å². The van der Waals surface area contributed by atoms with Crippen molar-refractivity contribution in [3.63, 3.8) is 0 Å². The molecule has 0 spiro atoms. The van der Waals surface area contributed by atoms with Crippen LogP contribution in [0.2, 0.25) is 0 Å². The van der Waals surface area contributed by atoms with Crippen molar-refractivity contribution in [3.05, 3.63) is 85.1 Å². The molecule has 422 valence electrons. The smallest absolute Gasteiger partial charge is 0.456 e. The van der Waals surface area contributed by atoms with E-state index in [-0.39, 0.29) is 37.9 Å². The van der Waals surface area contributed by atoms with E-state index in [1.165, 1.54) is 135 Å². The standard InChI is InChI=1S/C63H113N2O7P/c1-7-10-13-16-19-22-25-27-29-31-32-34-35-37-40-43-46-49-52-55-62(66)64-60(59-71-73(68,69)70-58-57-65(4,5)6)61(54-51-48-45-42-39-24-21-18-15-12-9-3)72-63(67)56-53-50-47-44-41-38-36-33-30-28-26-23-20-17-14-11-8-2/h10,13,19,22,27,29,32,34,37,40,46,49,51,54,60-61H,7-9,11-12,14-18,20-21,23-26,28,30-31,33,35-36,38-39,41-45,47-48,50,52-53,55-59H2,1-6H3,(H-,64,66,68,69)/p+1/b13-10-,22-19-,29-27-,34-32-,40-37-,49-46-,54-51+. The summed E-state index contributed by atoms with van der Waals surface area (Å²) in [7, 11) is 1.45. The predicted molar refractivity (Wildman–Crippen MR) is 314 cm³/mol. The summed E-state index contributed by atoms with van der Waals surface area (Å²) < 4.78 is 30.6. The molecule has 0 aromatic carbocycles. The van der Waals surface area contributed by atoms with Crippen LogP contribution in [0.3, 0.4) is 0 Å². The number of phosphoric ester groups is 1. The van der Waals surface area contributed by atoms with Crippen LogP contribution in [0.15, 0.2) is 85.1 Å². The summed E-state index contributed by atoms with van der Waals surface area (Å²) in [5.41, 5.74) is 0. The molecule has 0 heterocycles. The average molecular weight is 1040 g/mol. The zero-order chi connectivity index (χ0) is 53.6. The first kappa shape index (κ1) is 70.2. The number of carbonyl (C=O) groups excluding carboxylic acids is 2. The van der Waals surface area contributed by atoms with Gasteiger partial charge in [0.25, 0.3) is 0 Å². The third kappa shape index (κ3) is 53.8. The number of likely N-dealkylation sites (N-methyl/N-ethyl adjacent to an activating group) is 1. The molecule has 2 N–H and O–H groups in total. The SMILES string of the molecule is CC/C=C\C/C=C\C/C=C\C/C=C\C/C=C\C/C=C\CCC(=O)NC(COP(=O)(O)OCC[N+](C)(C)C)C(/C=C/CCCCCCCCCCC)OC(=O)CCCCCCCCCCCCCCCCCCC. The molecule has 0 aliphatic rings. The van der Waals surface area contributed by atoms with Crippen molar-refractivity contribution in [2.75, 3.05) is 40.9 Å². The third-order valence-electron chi connectivity index (χ3n) is 12.9. The molecule has 3 atom stereocenters. The summed E-state index contributed by atoms with van der Waals surface area (Å²) in [6.07, 6.45) is 68.8. The lowest BCUT2D eigenvalue weighted by molar-refractivity contribution is -0.870. The number of ether oxygens (including phenoxy) is 1. The lowest BCUT2D eigenvalue weighted by Crippen LogP contribution is -2.47. The summed E-state index contributed by atoms with van der Waals surface area (Å²) in [6.45, 7) is 6.84. The number of rotatable bonds is 53. The van der Waals surface area contributed by atoms with Crippen molar-refractivity contribution in [1.82, 2.24) is 5.32 Å². The number of nitrogens with one attached hydrogen (secondary N) is 1. The number of phosphoric acid groups is 1. The quantitative estimate of drug-likeness (QED) is 0.0205. The first-order chi connectivity index (χ1) is 35.4. The molecule has 10 heteroatoms. The Hall–Kier alpha value is -2.81. The van der Waals surface area contributed by atoms with E-state index in [4.69, 9.17) is 13.8 Å². The van der Waals surface area contributed by atoms with Crippen LogP contribution in [-0.2, 0) is 27.9 Å². The van der Waals surface area contributed by atoms with E-state index >= 15 is 0 Å². The van der Waals surface area contributed by atoms with Crippen LogP contribution < -0.4 is 5.32 Å². The number of amides is 1. The Kier molecular flexibility index (Phi) is 50.6. The molecule has 0 rings (SSSR count). The van der Waals surface area contributed by atoms with Gasteiger partial charge in [0, 0.05) is 12.8 Å². The molecule has 0 saturated heterocycles. The van der Waals surface area contributed by atoms with E-state index in [0.29, 0.717) is 17.4 Å². The van der Waals surface area contributed by atoms with Gasteiger partial charge in [-0.05, 0) is 70.3 Å². The maximum absolute atomic E-state index is 13.5. The molecule has 3 unspecified atom stereocenters. The molecule has 0 aromatic rings. The third-order valence-corrected chi connectivity index (χ3v) is 13.8. The van der Waals surface area contributed by atoms with Crippen LogP contribution in [0.4, 0.5) is 0 Å². The highest BCUT2D eigenvalue weighted by atomic mass is 31.2. The van der Waals surface area contributed by atoms with Gasteiger partial charge in [-0.2, -0.15) is 0 Å². The fourth-order valence-electron chi connectivity index (χ4n) is 8.26. The van der Waals surface area contributed by atoms with Gasteiger partial charge in [-0.1, -0.05) is 254 Å². The van der Waals surface area contributed by atoms with Crippen LogP contribution >= 0.6 is 7.82 Å². The minimum atomic E-state index is -4.47. The van der Waals surface area contributed by atoms with Gasteiger partial charge in [0.05, 0.1) is 33.8 Å². The highest BCUT2D eigenvalue weighted by molar-refractivity contribution is 7.47. The molecular formula is C63H114N2O7P+. The van der Waals surface area contributed by atoms with Crippen molar-refractivity contribution < 1.29 is 37.3 Å². The summed E-state index contributed by atoms with van der Waals surface area (Å²) in [5.74, 6) is -0.601. The van der Waals surface area contributed by atoms with Crippen molar-refractivity contribution >= 4 is 19.7 Å². The minimum Gasteiger partial charge on any atom is -0.456 e. The first-order valence-electron chi connectivity index (χ1n) is 29.9. The summed E-state index contributed by atoms with van der Waals surface area (Å²) in [4.78, 5) is 37.6. The highest BCUT2D eigenvalue weighted by Crippen LogP contribution is 2.43. The van der Waals surface area contributed by atoms with Gasteiger partial charge in [0.15, 0.2) is 0 Å². The van der Waals surface area contributed by atoms with Crippen molar-refractivity contribution in [3.8, 4) is 0 Å². The number of quaternary nitrogens is 1. The fraction of sp³-hybridized carbons (Fsp3) is 0.746. The van der Waals surface area contributed by atoms with Crippen molar-refractivity contribution in [1.29, 1.82) is 0 Å². The molecule has 0 radical (unpaired) electrons. The second kappa shape index (κ2) is 52.6. The van der Waals surface area contributed by atoms with Crippen LogP contribution in [-0.4, -0.2) is 74.3 Å². The first-order valence-corrected chi connectivity index (χ1v) is 31.4. The molecule has 73 heavy (non-hydrogen) atoms. The van der Waals surface area contributed by atoms with E-state index in [9.17, 15) is 19.0 Å². The molecular weight excluding hydrogens is 928 g/mol. The maximum Gasteiger partial charge on any atom is 0.472 e. The number of esters is 1. The van der Waals surface area contributed by atoms with Crippen molar-refractivity contribution in [2.45, 2.75) is 264 Å². The zero-order valence-corrected chi connectivity index (χ0v) is 49.0. The van der Waals surface area contributed by atoms with E-state index in [1.54, 1.807) is 0 Å². The maximum atomic E-state index is 13.5. The Balaban J connectivity index is 5.38. The lowest BCUT2D eigenvalue weighted by Gasteiger charge is -2.27. The van der Waals surface area contributed by atoms with Gasteiger partial charge in [-0.3, -0.25) is 18.6 Å². The number of unbranched alkanes of at least 4 members (excludes halogenated alkanes) is 25. The molecule has 1 amide bonds. The molecule has 0 bridgehead atoms. The second-order valence-corrected chi connectivity index (χ2v) is 22.6. The van der Waals surface area contributed by atoms with Crippen molar-refractivity contribution in [2.24, 2.45) is 0 Å². The lowest BCUT2D eigenvalue weighted by atomic mass is 10.0. The van der Waals surface area contributed by atoms with Gasteiger partial charge >= 0.3 is 13.8 Å². The van der Waals surface area contributed by atoms with Gasteiger partial charge in [0.1, 0.15) is 19.3 Å². The Bertz CT molecular complexity index is 1530. The van der Waals surface area contributed by atoms with E-state index in [1.807, 2.05) is 39.4 Å². The number of hydrogen-bond acceptors (Lipinski definition) is 6. The molecule has 9 nitrogen and oxygen atoms in total. The summed E-state index contributed by atoms with van der Waals surface area (Å²) >= 11 is 0. The van der Waals surface area contributed by atoms with Gasteiger partial charge in [-0.25, -0.2) is 4.57 Å². The molecule has 0 aromatic heterocycles. The van der Waals surface area contributed by atoms with Gasteiger partial charge < -0.3 is 19.4 Å². The molecule has 0 aliphatic heterocycles. The van der Waals surface area contributed by atoms with E-state index in [2.05, 4.69) is 92.9 Å². The fourth-order valence-corrected chi connectivity index (χ4v) is 8.99. The monoisotopic (exact) mass is 1040 g/mol. The van der Waals surface area contributed by atoms with Crippen LogP contribution in [0.5, 0.6) is 0 Å². The topological polar surface area (TPSA) is 111 Å². The van der Waals surface area contributed by atoms with Gasteiger partial charge in [-0.15, -0.1) is 0 Å². The number of carbonyl (C=O) groups is 2.